The van der Waals surface area contributed by atoms with Crippen LogP contribution in [0.4, 0.5) is 35.1 Å². The van der Waals surface area contributed by atoms with Gasteiger partial charge in [-0.2, -0.15) is 35.1 Å². The molecule has 0 saturated heterocycles. The fourth-order valence-corrected chi connectivity index (χ4v) is 11.5. The zero-order valence-electron chi connectivity index (χ0n) is 43.2. The Hall–Kier alpha value is -7.36. The van der Waals surface area contributed by atoms with E-state index in [-0.39, 0.29) is 21.8 Å². The average molecular weight is 1230 g/mol. The predicted octanol–water partition coefficient (Wildman–Crippen LogP) is 12.3. The molecular weight excluding hydrogens is 1180 g/mol. The summed E-state index contributed by atoms with van der Waals surface area (Å²) in [6, 6.07) is 54.0. The summed E-state index contributed by atoms with van der Waals surface area (Å²) in [6.07, 6.45) is 5.68. The number of hydrogen-bond acceptors (Lipinski definition) is 14. The number of rotatable bonds is 31. The molecule has 442 valence electrons. The highest BCUT2D eigenvalue weighted by Crippen LogP contribution is 2.55. The van der Waals surface area contributed by atoms with Gasteiger partial charge in [-0.1, -0.05) is 62.7 Å². The van der Waals surface area contributed by atoms with E-state index in [4.69, 9.17) is 37.9 Å². The molecule has 0 radical (unpaired) electrons. The van der Waals surface area contributed by atoms with Crippen LogP contribution < -0.4 is 18.9 Å². The minimum atomic E-state index is -7.68. The maximum atomic E-state index is 12.5. The molecule has 0 bridgehead atoms. The fourth-order valence-electron chi connectivity index (χ4n) is 6.46. The standard InChI is InChI=1S/2C26H27O4S.C4H2F8O6S2/c2*1-3-27-18-20-29-22-10-14-25(15-11-22)31(24-8-6-5-7-9-24)26-16-12-23(13-17-26)30-21-19-28-4-2;5-1(6,3(9,10)19(13,14)15)2(7,8)4(11,12)20(16,17)18/h2*3-17H,1-2,18-21H2;(H,13,14,15)(H,16,17,18)/q2*+1;/p-2. The monoisotopic (exact) mass is 1230 g/mol. The Kier molecular flexibility index (Phi) is 26.0. The van der Waals surface area contributed by atoms with Gasteiger partial charge in [0.15, 0.2) is 49.6 Å². The van der Waals surface area contributed by atoms with Crippen LogP contribution in [0.5, 0.6) is 23.0 Å². The summed E-state index contributed by atoms with van der Waals surface area (Å²) < 4.78 is 201. The molecule has 26 heteroatoms. The van der Waals surface area contributed by atoms with Crippen molar-refractivity contribution < 1.29 is 99.0 Å². The third-order valence-electron chi connectivity index (χ3n) is 10.3. The summed E-state index contributed by atoms with van der Waals surface area (Å²) >= 11 is 0. The molecule has 0 fully saturated rings. The van der Waals surface area contributed by atoms with Gasteiger partial charge in [-0.3, -0.25) is 0 Å². The molecule has 0 unspecified atom stereocenters. The van der Waals surface area contributed by atoms with E-state index < -0.39 is 42.6 Å². The Bertz CT molecular complexity index is 2800. The van der Waals surface area contributed by atoms with Gasteiger partial charge in [0.25, 0.3) is 0 Å². The van der Waals surface area contributed by atoms with Crippen molar-refractivity contribution >= 4 is 42.0 Å². The molecule has 0 saturated carbocycles. The molecule has 0 atom stereocenters. The van der Waals surface area contributed by atoms with E-state index in [9.17, 15) is 61.1 Å². The molecule has 0 aliphatic carbocycles. The van der Waals surface area contributed by atoms with Crippen LogP contribution >= 0.6 is 0 Å². The summed E-state index contributed by atoms with van der Waals surface area (Å²) in [4.78, 5) is 7.37. The predicted molar refractivity (Wildman–Crippen MR) is 289 cm³/mol. The molecule has 6 aromatic carbocycles. The van der Waals surface area contributed by atoms with Gasteiger partial charge in [0.1, 0.15) is 75.9 Å². The molecule has 0 amide bonds. The van der Waals surface area contributed by atoms with E-state index in [0.717, 1.165) is 23.0 Å². The minimum Gasteiger partial charge on any atom is -0.743 e. The van der Waals surface area contributed by atoms with Crippen LogP contribution in [-0.4, -0.2) is 101 Å². The van der Waals surface area contributed by atoms with Crippen molar-refractivity contribution in [3.8, 4) is 23.0 Å². The largest absolute Gasteiger partial charge is 0.743 e. The number of alkyl halides is 8. The van der Waals surface area contributed by atoms with Crippen molar-refractivity contribution in [1.29, 1.82) is 0 Å². The number of benzene rings is 6. The Balaban J connectivity index is 0.000000272. The first-order chi connectivity index (χ1) is 38.9. The van der Waals surface area contributed by atoms with Gasteiger partial charge in [0.2, 0.25) is 0 Å². The first-order valence-corrected chi connectivity index (χ1v) is 29.0. The second-order valence-electron chi connectivity index (χ2n) is 15.8. The zero-order valence-corrected chi connectivity index (χ0v) is 46.4. The Morgan fingerprint density at radius 2 is 0.537 bits per heavy atom. The van der Waals surface area contributed by atoms with Crippen molar-refractivity contribution in [2.24, 2.45) is 0 Å². The SMILES string of the molecule is C=COCCOc1ccc([S+](c2ccccc2)c2ccc(OCCOC=C)cc2)cc1.C=COCCOc1ccc([S+](c2ccccc2)c2ccc(OCCOC=C)cc2)cc1.O=S(=O)([O-])C(F)(F)C(F)(F)C(F)(F)C(F)(F)S(=O)(=O)[O-]. The normalized spacial score (nSPS) is 11.8. The number of hydrogen-bond donors (Lipinski definition) is 0. The van der Waals surface area contributed by atoms with Gasteiger partial charge in [-0.15, -0.1) is 0 Å². The lowest BCUT2D eigenvalue weighted by Crippen LogP contribution is -2.66. The van der Waals surface area contributed by atoms with Crippen LogP contribution in [0.15, 0.2) is 238 Å². The van der Waals surface area contributed by atoms with E-state index in [1.54, 1.807) is 0 Å². The zero-order chi connectivity index (χ0) is 60.5. The molecule has 0 heterocycles. The molecule has 82 heavy (non-hydrogen) atoms. The molecule has 0 aliphatic heterocycles. The van der Waals surface area contributed by atoms with Gasteiger partial charge in [0.05, 0.1) is 46.8 Å². The van der Waals surface area contributed by atoms with Crippen LogP contribution in [0, 0.1) is 0 Å². The highest BCUT2D eigenvalue weighted by Gasteiger charge is 2.84. The highest BCUT2D eigenvalue weighted by molar-refractivity contribution is 7.97. The first-order valence-electron chi connectivity index (χ1n) is 23.7. The second-order valence-corrected chi connectivity index (χ2v) is 22.7. The molecule has 6 aromatic rings. The van der Waals surface area contributed by atoms with E-state index in [1.807, 2.05) is 60.7 Å². The fraction of sp³-hybridized carbons (Fsp3) is 0.214. The average Bonchev–Trinajstić information content (AvgIpc) is 1.04. The van der Waals surface area contributed by atoms with Gasteiger partial charge < -0.3 is 47.0 Å². The van der Waals surface area contributed by atoms with E-state index in [1.165, 1.54) is 54.4 Å². The molecule has 0 spiro atoms. The molecule has 6 rings (SSSR count). The Morgan fingerprint density at radius 3 is 0.720 bits per heavy atom. The molecule has 0 N–H and O–H groups in total. The van der Waals surface area contributed by atoms with Crippen LogP contribution in [-0.2, 0) is 61.0 Å². The summed E-state index contributed by atoms with van der Waals surface area (Å²) in [5.41, 5.74) is 0. The van der Waals surface area contributed by atoms with E-state index >= 15 is 0 Å². The molecule has 14 nitrogen and oxygen atoms in total. The lowest BCUT2D eigenvalue weighted by atomic mass is 10.2. The lowest BCUT2D eigenvalue weighted by molar-refractivity contribution is -0.327. The van der Waals surface area contributed by atoms with Crippen LogP contribution in [0.25, 0.3) is 0 Å². The van der Waals surface area contributed by atoms with Gasteiger partial charge >= 0.3 is 22.4 Å². The van der Waals surface area contributed by atoms with Crippen LogP contribution in [0.3, 0.4) is 0 Å². The van der Waals surface area contributed by atoms with Gasteiger partial charge in [-0.25, -0.2) is 16.8 Å². The van der Waals surface area contributed by atoms with Crippen LogP contribution in [0.1, 0.15) is 0 Å². The quantitative estimate of drug-likeness (QED) is 0.0131. The van der Waals surface area contributed by atoms with Crippen LogP contribution in [0.2, 0.25) is 0 Å². The van der Waals surface area contributed by atoms with E-state index in [2.05, 4.69) is 123 Å². The molecular formula is C56H54F8O14S4. The summed E-state index contributed by atoms with van der Waals surface area (Å²) in [6.45, 7) is 18.0. The van der Waals surface area contributed by atoms with Gasteiger partial charge in [-0.05, 0) is 121 Å². The van der Waals surface area contributed by atoms with Crippen molar-refractivity contribution in [3.05, 3.63) is 209 Å². The third kappa shape index (κ3) is 18.6. The van der Waals surface area contributed by atoms with Crippen molar-refractivity contribution in [3.63, 3.8) is 0 Å². The van der Waals surface area contributed by atoms with Crippen molar-refractivity contribution in [2.45, 2.75) is 51.7 Å². The maximum absolute atomic E-state index is 12.5. The number of ether oxygens (including phenoxy) is 8. The highest BCUT2D eigenvalue weighted by atomic mass is 32.2. The third-order valence-corrected chi connectivity index (χ3v) is 16.5. The summed E-state index contributed by atoms with van der Waals surface area (Å²) in [5, 5.41) is -14.6. The Labute approximate surface area is 475 Å². The lowest BCUT2D eigenvalue weighted by Gasteiger charge is -2.37. The second kappa shape index (κ2) is 31.7. The summed E-state index contributed by atoms with van der Waals surface area (Å²) in [5.74, 6) is -12.1. The summed E-state index contributed by atoms with van der Waals surface area (Å²) in [7, 11) is -15.7. The first kappa shape index (κ1) is 67.1. The van der Waals surface area contributed by atoms with Crippen molar-refractivity contribution in [2.75, 3.05) is 52.9 Å². The Morgan fingerprint density at radius 1 is 0.341 bits per heavy atom. The van der Waals surface area contributed by atoms with Gasteiger partial charge in [0, 0.05) is 0 Å². The minimum absolute atomic E-state index is 0.236. The molecule has 0 aliphatic rings. The topological polar surface area (TPSA) is 188 Å². The molecule has 0 aromatic heterocycles. The maximum Gasteiger partial charge on any atom is 0.402 e. The smallest absolute Gasteiger partial charge is 0.402 e. The number of halogens is 8. The van der Waals surface area contributed by atoms with Crippen molar-refractivity contribution in [1.82, 2.24) is 0 Å². The van der Waals surface area contributed by atoms with E-state index in [0.29, 0.717) is 52.9 Å².